The quantitative estimate of drug-likeness (QED) is 0.726. The van der Waals surface area contributed by atoms with Gasteiger partial charge in [0.15, 0.2) is 11.6 Å². The van der Waals surface area contributed by atoms with Crippen molar-refractivity contribution < 1.29 is 27.8 Å². The topological polar surface area (TPSA) is 97.8 Å². The van der Waals surface area contributed by atoms with Gasteiger partial charge in [0.05, 0.1) is 24.1 Å². The number of aromatic nitrogens is 1. The Kier molecular flexibility index (Phi) is 4.70. The van der Waals surface area contributed by atoms with E-state index in [1.54, 1.807) is 4.90 Å². The number of pyridine rings is 1. The molecule has 172 valence electrons. The molecule has 0 amide bonds. The van der Waals surface area contributed by atoms with Crippen LogP contribution in [0.15, 0.2) is 17.1 Å². The number of fused-ring (bicyclic) bond motifs is 1. The molecule has 3 fully saturated rings. The number of anilines is 1. The van der Waals surface area contributed by atoms with E-state index in [1.165, 1.54) is 11.7 Å². The van der Waals surface area contributed by atoms with Crippen LogP contribution >= 0.6 is 0 Å². The maximum absolute atomic E-state index is 15.4. The number of nitrogens with two attached hydrogens (primary N) is 1. The van der Waals surface area contributed by atoms with Gasteiger partial charge in [-0.3, -0.25) is 4.79 Å². The molecular formula is C22H24F3N3O4. The molecule has 10 heteroatoms. The number of nitrogens with zero attached hydrogens (tertiary/aromatic N) is 2. The Hall–Kier alpha value is -2.75. The molecule has 5 rings (SSSR count). The summed E-state index contributed by atoms with van der Waals surface area (Å²) in [6, 6.07) is 0.346. The van der Waals surface area contributed by atoms with Gasteiger partial charge in [-0.25, -0.2) is 18.0 Å². The van der Waals surface area contributed by atoms with Crippen molar-refractivity contribution >= 4 is 22.6 Å². The molecule has 3 aliphatic rings. The number of alkyl halides is 2. The van der Waals surface area contributed by atoms with Crippen molar-refractivity contribution in [1.29, 1.82) is 0 Å². The summed E-state index contributed by atoms with van der Waals surface area (Å²) in [4.78, 5) is 26.1. The van der Waals surface area contributed by atoms with Crippen molar-refractivity contribution in [2.75, 3.05) is 25.1 Å². The van der Waals surface area contributed by atoms with E-state index >= 15 is 4.39 Å². The fraction of sp³-hybridized carbons (Fsp3) is 0.545. The van der Waals surface area contributed by atoms with Gasteiger partial charge in [0.25, 0.3) is 0 Å². The summed E-state index contributed by atoms with van der Waals surface area (Å²) in [7, 11) is 1.33. The lowest BCUT2D eigenvalue weighted by Gasteiger charge is -2.45. The van der Waals surface area contributed by atoms with Crippen molar-refractivity contribution in [3.05, 3.63) is 33.9 Å². The molecule has 2 aromatic rings. The molecule has 1 aromatic heterocycles. The summed E-state index contributed by atoms with van der Waals surface area (Å²) >= 11 is 0. The van der Waals surface area contributed by atoms with Crippen molar-refractivity contribution in [2.24, 2.45) is 11.7 Å². The molecule has 7 nitrogen and oxygen atoms in total. The molecule has 0 bridgehead atoms. The van der Waals surface area contributed by atoms with Gasteiger partial charge in [0.1, 0.15) is 23.6 Å². The van der Waals surface area contributed by atoms with Crippen LogP contribution in [0.4, 0.5) is 18.9 Å². The normalized spacial score (nSPS) is 31.6. The summed E-state index contributed by atoms with van der Waals surface area (Å²) in [6.45, 7) is 0.862. The van der Waals surface area contributed by atoms with Crippen LogP contribution in [0.2, 0.25) is 0 Å². The molecule has 1 aromatic carbocycles. The van der Waals surface area contributed by atoms with E-state index in [0.29, 0.717) is 19.5 Å². The number of ether oxygens (including phenoxy) is 1. The molecule has 2 heterocycles. The monoisotopic (exact) mass is 451 g/mol. The first-order valence-corrected chi connectivity index (χ1v) is 10.6. The lowest BCUT2D eigenvalue weighted by molar-refractivity contribution is 0.0581. The highest BCUT2D eigenvalue weighted by Crippen LogP contribution is 2.48. The molecule has 1 aliphatic heterocycles. The summed E-state index contributed by atoms with van der Waals surface area (Å²) in [5.41, 5.74) is 4.61. The minimum absolute atomic E-state index is 0.0236. The number of aromatic carboxylic acids is 1. The summed E-state index contributed by atoms with van der Waals surface area (Å²) in [5, 5.41) is 9.24. The van der Waals surface area contributed by atoms with Crippen LogP contribution in [-0.4, -0.2) is 53.7 Å². The van der Waals surface area contributed by atoms with Gasteiger partial charge >= 0.3 is 5.97 Å². The number of rotatable bonds is 5. The Morgan fingerprint density at radius 3 is 2.59 bits per heavy atom. The zero-order valence-electron chi connectivity index (χ0n) is 17.5. The first kappa shape index (κ1) is 21.1. The lowest BCUT2D eigenvalue weighted by atomic mass is 9.67. The van der Waals surface area contributed by atoms with Crippen LogP contribution in [0.3, 0.4) is 0 Å². The molecule has 3 N–H and O–H groups in total. The molecule has 0 radical (unpaired) electrons. The van der Waals surface area contributed by atoms with Crippen LogP contribution in [0.25, 0.3) is 10.9 Å². The van der Waals surface area contributed by atoms with E-state index in [-0.39, 0.29) is 47.5 Å². The van der Waals surface area contributed by atoms with Crippen LogP contribution < -0.4 is 20.8 Å². The molecule has 3 unspecified atom stereocenters. The molecule has 0 spiro atoms. The Labute approximate surface area is 181 Å². The number of carboxylic acids is 1. The third-order valence-corrected chi connectivity index (χ3v) is 7.19. The van der Waals surface area contributed by atoms with E-state index in [1.807, 2.05) is 0 Å². The second-order valence-electron chi connectivity index (χ2n) is 9.21. The minimum atomic E-state index is -1.47. The summed E-state index contributed by atoms with van der Waals surface area (Å²) in [6.07, 6.45) is 0.383. The third-order valence-electron chi connectivity index (χ3n) is 7.19. The van der Waals surface area contributed by atoms with Crippen LogP contribution in [0.1, 0.15) is 42.1 Å². The van der Waals surface area contributed by atoms with Crippen LogP contribution in [0, 0.1) is 11.7 Å². The van der Waals surface area contributed by atoms with Crippen LogP contribution in [-0.2, 0) is 0 Å². The predicted octanol–water partition coefficient (Wildman–Crippen LogP) is 2.79. The Morgan fingerprint density at radius 1 is 1.34 bits per heavy atom. The fourth-order valence-electron chi connectivity index (χ4n) is 5.32. The highest BCUT2D eigenvalue weighted by atomic mass is 19.1. The zero-order valence-corrected chi connectivity index (χ0v) is 17.5. The Balaban J connectivity index is 1.65. The standard InChI is InChI=1S/C22H24F3N3O4/c1-32-20-17-12(19(29)13(21(30)31)9-28(17)16-5-14(16)24)4-15(25)18(20)27-3-2-10(8-27)22(26)6-11(23)7-22/h4,9-11,14,16H,2-3,5-8,26H2,1H3,(H,30,31). The third kappa shape index (κ3) is 3.07. The van der Waals surface area contributed by atoms with E-state index < -0.39 is 46.7 Å². The highest BCUT2D eigenvalue weighted by Gasteiger charge is 2.49. The smallest absolute Gasteiger partial charge is 0.341 e. The Bertz CT molecular complexity index is 1180. The summed E-state index contributed by atoms with van der Waals surface area (Å²) < 4.78 is 49.7. The number of methoxy groups -OCH3 is 1. The van der Waals surface area contributed by atoms with Crippen molar-refractivity contribution in [3.63, 3.8) is 0 Å². The molecule has 2 saturated carbocycles. The number of carbonyl (C=O) groups is 1. The summed E-state index contributed by atoms with van der Waals surface area (Å²) in [5.74, 6) is -2.18. The van der Waals surface area contributed by atoms with E-state index in [2.05, 4.69) is 0 Å². The molecule has 1 saturated heterocycles. The van der Waals surface area contributed by atoms with Gasteiger partial charge in [-0.2, -0.15) is 0 Å². The minimum Gasteiger partial charge on any atom is -0.492 e. The highest BCUT2D eigenvalue weighted by molar-refractivity contribution is 5.97. The maximum atomic E-state index is 15.4. The first-order valence-electron chi connectivity index (χ1n) is 10.6. The zero-order chi connectivity index (χ0) is 22.9. The lowest BCUT2D eigenvalue weighted by Crippen LogP contribution is -2.58. The second-order valence-corrected chi connectivity index (χ2v) is 9.21. The van der Waals surface area contributed by atoms with E-state index in [0.717, 1.165) is 12.3 Å². The SMILES string of the molecule is COc1c(N2CCC(C3(N)CC(F)C3)C2)c(F)cc2c(=O)c(C(=O)O)cn(C3CC3F)c12. The van der Waals surface area contributed by atoms with Crippen molar-refractivity contribution in [3.8, 4) is 5.75 Å². The first-order chi connectivity index (χ1) is 15.1. The van der Waals surface area contributed by atoms with E-state index in [4.69, 9.17) is 10.5 Å². The number of benzene rings is 1. The number of carboxylic acid groups (broad SMARTS) is 1. The van der Waals surface area contributed by atoms with Gasteiger partial charge < -0.3 is 25.0 Å². The molecule has 2 aliphatic carbocycles. The molecular weight excluding hydrogens is 427 g/mol. The molecule has 32 heavy (non-hydrogen) atoms. The second kappa shape index (κ2) is 7.13. The largest absolute Gasteiger partial charge is 0.492 e. The number of hydrogen-bond donors (Lipinski definition) is 2. The van der Waals surface area contributed by atoms with Gasteiger partial charge in [-0.1, -0.05) is 0 Å². The van der Waals surface area contributed by atoms with Crippen LogP contribution in [0.5, 0.6) is 5.75 Å². The number of hydrogen-bond acceptors (Lipinski definition) is 5. The molecule has 3 atom stereocenters. The average molecular weight is 451 g/mol. The fourth-order valence-corrected chi connectivity index (χ4v) is 5.32. The van der Waals surface area contributed by atoms with Crippen molar-refractivity contribution in [1.82, 2.24) is 4.57 Å². The van der Waals surface area contributed by atoms with Gasteiger partial charge in [0.2, 0.25) is 5.43 Å². The Morgan fingerprint density at radius 2 is 2.03 bits per heavy atom. The predicted molar refractivity (Wildman–Crippen MR) is 112 cm³/mol. The van der Waals surface area contributed by atoms with Gasteiger partial charge in [0, 0.05) is 31.2 Å². The van der Waals surface area contributed by atoms with Gasteiger partial charge in [-0.05, 0) is 31.2 Å². The van der Waals surface area contributed by atoms with E-state index in [9.17, 15) is 23.5 Å². The van der Waals surface area contributed by atoms with Gasteiger partial charge in [-0.15, -0.1) is 0 Å². The average Bonchev–Trinajstić information content (AvgIpc) is 3.23. The maximum Gasteiger partial charge on any atom is 0.341 e. The number of halogens is 3. The van der Waals surface area contributed by atoms with Crippen molar-refractivity contribution in [2.45, 2.75) is 49.6 Å².